The highest BCUT2D eigenvalue weighted by atomic mass is 16.7. The summed E-state index contributed by atoms with van der Waals surface area (Å²) in [6, 6.07) is 3.60. The zero-order valence-corrected chi connectivity index (χ0v) is 24.4. The molecule has 0 aliphatic carbocycles. The predicted molar refractivity (Wildman–Crippen MR) is 146 cm³/mol. The van der Waals surface area contributed by atoms with E-state index in [2.05, 4.69) is 5.32 Å². The number of carbonyl (C=O) groups excluding carboxylic acids is 3. The molecule has 220 valence electrons. The van der Waals surface area contributed by atoms with Crippen LogP contribution in [0.3, 0.4) is 0 Å². The van der Waals surface area contributed by atoms with Gasteiger partial charge in [0.1, 0.15) is 12.1 Å². The second-order valence-corrected chi connectivity index (χ2v) is 10.6. The summed E-state index contributed by atoms with van der Waals surface area (Å²) >= 11 is 0. The highest BCUT2D eigenvalue weighted by molar-refractivity contribution is 5.79. The number of esters is 2. The number of benzene rings is 1. The third-order valence-corrected chi connectivity index (χ3v) is 6.58. The number of carboxylic acid groups (broad SMARTS) is 1. The van der Waals surface area contributed by atoms with Gasteiger partial charge < -0.3 is 29.4 Å². The minimum Gasteiger partial charge on any atom is -0.480 e. The summed E-state index contributed by atoms with van der Waals surface area (Å²) in [5.74, 6) is -2.63. The molecular weight excluding hydrogens is 506 g/mol. The lowest BCUT2D eigenvalue weighted by molar-refractivity contribution is -0.142. The molecule has 2 N–H and O–H groups in total. The topological polar surface area (TPSA) is 137 Å². The summed E-state index contributed by atoms with van der Waals surface area (Å²) in [6.45, 7) is 15.0. The molecule has 0 fully saturated rings. The monoisotopic (exact) mass is 551 g/mol. The average molecular weight is 552 g/mol. The van der Waals surface area contributed by atoms with Crippen LogP contribution in [-0.2, 0) is 30.3 Å². The first-order valence-electron chi connectivity index (χ1n) is 13.6. The highest BCUT2D eigenvalue weighted by Gasteiger charge is 2.25. The summed E-state index contributed by atoms with van der Waals surface area (Å²) < 4.78 is 21.3. The molecule has 0 spiro atoms. The molecule has 0 saturated carbocycles. The van der Waals surface area contributed by atoms with Gasteiger partial charge >= 0.3 is 24.1 Å². The van der Waals surface area contributed by atoms with Crippen molar-refractivity contribution in [2.75, 3.05) is 13.2 Å². The van der Waals surface area contributed by atoms with E-state index in [9.17, 15) is 24.3 Å². The zero-order chi connectivity index (χ0) is 29.7. The van der Waals surface area contributed by atoms with Gasteiger partial charge in [-0.15, -0.1) is 0 Å². The van der Waals surface area contributed by atoms with Crippen LogP contribution in [0.2, 0.25) is 0 Å². The van der Waals surface area contributed by atoms with Crippen molar-refractivity contribution in [3.63, 3.8) is 0 Å². The Morgan fingerprint density at radius 1 is 0.872 bits per heavy atom. The van der Waals surface area contributed by atoms with E-state index in [4.69, 9.17) is 18.9 Å². The number of hydrogen-bond acceptors (Lipinski definition) is 9. The lowest BCUT2D eigenvalue weighted by Crippen LogP contribution is -2.42. The molecule has 39 heavy (non-hydrogen) atoms. The van der Waals surface area contributed by atoms with Gasteiger partial charge in [-0.3, -0.25) is 14.4 Å². The van der Waals surface area contributed by atoms with Gasteiger partial charge in [0.15, 0.2) is 11.5 Å². The lowest BCUT2D eigenvalue weighted by atomic mass is 9.98. The number of nitrogens with one attached hydrogen (secondary N) is 1. The summed E-state index contributed by atoms with van der Waals surface area (Å²) in [4.78, 5) is 49.0. The lowest BCUT2D eigenvalue weighted by Gasteiger charge is -2.20. The smallest absolute Gasteiger partial charge is 0.480 e. The van der Waals surface area contributed by atoms with E-state index in [0.717, 1.165) is 12.8 Å². The largest absolute Gasteiger partial charge is 0.508 e. The number of carbonyl (C=O) groups is 4. The van der Waals surface area contributed by atoms with Crippen LogP contribution in [0.1, 0.15) is 73.8 Å². The Balaban J connectivity index is 3.04. The number of ether oxygens (including phenoxy) is 4. The zero-order valence-electron chi connectivity index (χ0n) is 24.4. The van der Waals surface area contributed by atoms with E-state index in [1.807, 2.05) is 34.6 Å². The predicted octanol–water partition coefficient (Wildman–Crippen LogP) is 5.01. The molecule has 1 rings (SSSR count). The average Bonchev–Trinajstić information content (AvgIpc) is 2.86. The third kappa shape index (κ3) is 12.1. The van der Waals surface area contributed by atoms with Crippen molar-refractivity contribution in [1.82, 2.24) is 5.32 Å². The van der Waals surface area contributed by atoms with E-state index in [0.29, 0.717) is 5.56 Å². The minimum absolute atomic E-state index is 0.0290. The summed E-state index contributed by atoms with van der Waals surface area (Å²) in [5, 5.41) is 12.6. The quantitative estimate of drug-likeness (QED) is 0.164. The third-order valence-electron chi connectivity index (χ3n) is 6.58. The number of unbranched alkanes of at least 4 members (excludes halogenated alkanes) is 1. The first-order valence-corrected chi connectivity index (χ1v) is 13.6. The first kappa shape index (κ1) is 33.9. The van der Waals surface area contributed by atoms with Gasteiger partial charge in [-0.2, -0.15) is 0 Å². The minimum atomic E-state index is -1.11. The number of aliphatic carboxylic acids is 1. The van der Waals surface area contributed by atoms with Crippen LogP contribution in [0, 0.1) is 23.7 Å². The van der Waals surface area contributed by atoms with Crippen LogP contribution >= 0.6 is 0 Å². The SMILES string of the molecule is CCCCOC(=O)OC(C)CN[C@@H](Cc1ccc(OC(=O)C(C)C(C)C)c(OC(=O)C(C)C(C)C)c1)C(=O)O. The van der Waals surface area contributed by atoms with Gasteiger partial charge in [-0.25, -0.2) is 4.79 Å². The summed E-state index contributed by atoms with van der Waals surface area (Å²) in [5.41, 5.74) is 0.541. The molecule has 0 aromatic heterocycles. The maximum absolute atomic E-state index is 12.7. The molecule has 4 atom stereocenters. The van der Waals surface area contributed by atoms with Gasteiger partial charge in [0, 0.05) is 6.54 Å². The number of hydrogen-bond donors (Lipinski definition) is 2. The van der Waals surface area contributed by atoms with E-state index in [1.54, 1.807) is 26.8 Å². The first-order chi connectivity index (χ1) is 18.3. The molecule has 0 radical (unpaired) electrons. The fraction of sp³-hybridized carbons (Fsp3) is 0.655. The van der Waals surface area contributed by atoms with Crippen LogP contribution in [0.25, 0.3) is 0 Å². The molecule has 0 heterocycles. The van der Waals surface area contributed by atoms with Crippen molar-refractivity contribution < 1.29 is 43.2 Å². The molecule has 0 bridgehead atoms. The van der Waals surface area contributed by atoms with E-state index < -0.39 is 42.1 Å². The Kier molecular flexibility index (Phi) is 14.5. The van der Waals surface area contributed by atoms with Crippen LogP contribution in [0.4, 0.5) is 4.79 Å². The van der Waals surface area contributed by atoms with Gasteiger partial charge in [0.05, 0.1) is 18.4 Å². The van der Waals surface area contributed by atoms with Crippen molar-refractivity contribution in [1.29, 1.82) is 0 Å². The van der Waals surface area contributed by atoms with E-state index >= 15 is 0 Å². The fourth-order valence-electron chi connectivity index (χ4n) is 3.12. The Bertz CT molecular complexity index is 960. The normalized spacial score (nSPS) is 14.3. The van der Waals surface area contributed by atoms with Crippen LogP contribution < -0.4 is 14.8 Å². The van der Waals surface area contributed by atoms with Crippen molar-refractivity contribution in [3.05, 3.63) is 23.8 Å². The second-order valence-electron chi connectivity index (χ2n) is 10.6. The molecule has 10 heteroatoms. The molecule has 1 aromatic carbocycles. The summed E-state index contributed by atoms with van der Waals surface area (Å²) in [6.07, 6.45) is 0.209. The van der Waals surface area contributed by atoms with Crippen LogP contribution in [0.15, 0.2) is 18.2 Å². The molecular formula is C29H45NO9. The maximum atomic E-state index is 12.7. The molecule has 0 saturated heterocycles. The van der Waals surface area contributed by atoms with Gasteiger partial charge in [-0.1, -0.05) is 61.0 Å². The van der Waals surface area contributed by atoms with Gasteiger partial charge in [0.25, 0.3) is 0 Å². The Hall–Kier alpha value is -3.14. The molecule has 0 aliphatic rings. The van der Waals surface area contributed by atoms with Crippen molar-refractivity contribution in [2.45, 2.75) is 86.8 Å². The number of carboxylic acids is 1. The molecule has 0 aliphatic heterocycles. The maximum Gasteiger partial charge on any atom is 0.508 e. The van der Waals surface area contributed by atoms with E-state index in [1.165, 1.54) is 12.1 Å². The molecule has 1 aromatic rings. The molecule has 3 unspecified atom stereocenters. The van der Waals surface area contributed by atoms with Gasteiger partial charge in [0.2, 0.25) is 0 Å². The second kappa shape index (κ2) is 16.7. The van der Waals surface area contributed by atoms with Crippen LogP contribution in [0.5, 0.6) is 11.5 Å². The Morgan fingerprint density at radius 3 is 1.95 bits per heavy atom. The molecule has 10 nitrogen and oxygen atoms in total. The highest BCUT2D eigenvalue weighted by Crippen LogP contribution is 2.31. The Labute approximate surface area is 231 Å². The van der Waals surface area contributed by atoms with Crippen molar-refractivity contribution >= 4 is 24.1 Å². The standard InChI is InChI=1S/C29H45NO9/c1-9-10-13-36-29(35)37-19(6)16-30-23(26(31)32)14-22-11-12-24(38-27(33)20(7)17(2)3)25(15-22)39-28(34)21(8)18(4)5/h11-12,15,17-21,23,30H,9-10,13-14,16H2,1-8H3,(H,31,32)/t19?,20?,21?,23-/m0/s1. The Morgan fingerprint density at radius 2 is 1.44 bits per heavy atom. The van der Waals surface area contributed by atoms with Crippen molar-refractivity contribution in [3.8, 4) is 11.5 Å². The van der Waals surface area contributed by atoms with Crippen molar-refractivity contribution in [2.24, 2.45) is 23.7 Å². The van der Waals surface area contributed by atoms with Gasteiger partial charge in [-0.05, 0) is 49.3 Å². The van der Waals surface area contributed by atoms with E-state index in [-0.39, 0.29) is 48.8 Å². The fourth-order valence-corrected chi connectivity index (χ4v) is 3.12. The van der Waals surface area contributed by atoms with Crippen LogP contribution in [-0.4, -0.2) is 54.5 Å². The summed E-state index contributed by atoms with van der Waals surface area (Å²) in [7, 11) is 0. The number of rotatable bonds is 16. The molecule has 0 amide bonds.